The van der Waals surface area contributed by atoms with Crippen LogP contribution >= 0.6 is 0 Å². The van der Waals surface area contributed by atoms with Crippen LogP contribution in [0.15, 0.2) is 18.2 Å². The zero-order valence-electron chi connectivity index (χ0n) is 10.4. The van der Waals surface area contributed by atoms with Crippen LogP contribution in [0.4, 0.5) is 0 Å². The van der Waals surface area contributed by atoms with Crippen LogP contribution in [0.2, 0.25) is 0 Å². The van der Waals surface area contributed by atoms with Crippen molar-refractivity contribution in [2.75, 3.05) is 18.6 Å². The summed E-state index contributed by atoms with van der Waals surface area (Å²) in [5, 5.41) is 0. The lowest BCUT2D eigenvalue weighted by atomic mass is 10.1. The first kappa shape index (κ1) is 14.0. The fourth-order valence-corrected chi connectivity index (χ4v) is 1.81. The maximum Gasteiger partial charge on any atom is 0.150 e. The number of ether oxygens (including phenoxy) is 1. The van der Waals surface area contributed by atoms with Gasteiger partial charge in [0.15, 0.2) is 9.84 Å². The van der Waals surface area contributed by atoms with E-state index in [4.69, 9.17) is 10.5 Å². The van der Waals surface area contributed by atoms with Crippen molar-refractivity contribution in [2.45, 2.75) is 19.9 Å². The Morgan fingerprint density at radius 1 is 1.41 bits per heavy atom. The smallest absolute Gasteiger partial charge is 0.150 e. The van der Waals surface area contributed by atoms with E-state index in [1.165, 1.54) is 6.26 Å². The molecule has 4 nitrogen and oxygen atoms in total. The quantitative estimate of drug-likeness (QED) is 0.866. The Balaban J connectivity index is 2.67. The van der Waals surface area contributed by atoms with Gasteiger partial charge < -0.3 is 10.5 Å². The zero-order chi connectivity index (χ0) is 13.1. The van der Waals surface area contributed by atoms with Gasteiger partial charge in [-0.15, -0.1) is 0 Å². The maximum atomic E-state index is 11.0. The van der Waals surface area contributed by atoms with E-state index in [9.17, 15) is 8.42 Å². The van der Waals surface area contributed by atoms with Crippen LogP contribution in [0, 0.1) is 6.92 Å². The lowest BCUT2D eigenvalue weighted by Gasteiger charge is -2.12. The average Bonchev–Trinajstić information content (AvgIpc) is 2.18. The molecular formula is C12H19NO3S. The molecule has 0 heterocycles. The highest BCUT2D eigenvalue weighted by atomic mass is 32.2. The van der Waals surface area contributed by atoms with Crippen LogP contribution < -0.4 is 10.5 Å². The summed E-state index contributed by atoms with van der Waals surface area (Å²) in [5.74, 6) is 0.736. The third-order valence-electron chi connectivity index (χ3n) is 2.44. The number of sulfone groups is 1. The number of aryl methyl sites for hydroxylation is 1. The van der Waals surface area contributed by atoms with E-state index in [1.807, 2.05) is 32.0 Å². The van der Waals surface area contributed by atoms with Crippen molar-refractivity contribution < 1.29 is 13.2 Å². The first-order valence-electron chi connectivity index (χ1n) is 5.46. The fraction of sp³-hybridized carbons (Fsp3) is 0.500. The highest BCUT2D eigenvalue weighted by molar-refractivity contribution is 7.90. The average molecular weight is 257 g/mol. The maximum absolute atomic E-state index is 11.0. The van der Waals surface area contributed by atoms with Gasteiger partial charge in [-0.3, -0.25) is 0 Å². The second kappa shape index (κ2) is 5.51. The largest absolute Gasteiger partial charge is 0.492 e. The minimum Gasteiger partial charge on any atom is -0.492 e. The predicted octanol–water partition coefficient (Wildman–Crippen LogP) is 1.44. The van der Waals surface area contributed by atoms with Gasteiger partial charge in [0, 0.05) is 12.3 Å². The van der Waals surface area contributed by atoms with Gasteiger partial charge in [0.2, 0.25) is 0 Å². The second-order valence-electron chi connectivity index (χ2n) is 4.29. The number of benzene rings is 1. The van der Waals surface area contributed by atoms with Gasteiger partial charge in [-0.1, -0.05) is 12.1 Å². The van der Waals surface area contributed by atoms with Crippen LogP contribution in [0.1, 0.15) is 24.1 Å². The molecular weight excluding hydrogens is 238 g/mol. The van der Waals surface area contributed by atoms with E-state index < -0.39 is 9.84 Å². The van der Waals surface area contributed by atoms with Gasteiger partial charge >= 0.3 is 0 Å². The third-order valence-corrected chi connectivity index (χ3v) is 3.34. The first-order chi connectivity index (χ1) is 7.79. The van der Waals surface area contributed by atoms with Crippen molar-refractivity contribution in [1.29, 1.82) is 0 Å². The van der Waals surface area contributed by atoms with Crippen molar-refractivity contribution in [2.24, 2.45) is 5.73 Å². The van der Waals surface area contributed by atoms with E-state index in [1.54, 1.807) is 0 Å². The molecule has 0 aliphatic heterocycles. The van der Waals surface area contributed by atoms with Crippen LogP contribution in [-0.4, -0.2) is 27.0 Å². The lowest BCUT2D eigenvalue weighted by Crippen LogP contribution is -2.12. The molecule has 0 radical (unpaired) electrons. The van der Waals surface area contributed by atoms with E-state index in [2.05, 4.69) is 0 Å². The second-order valence-corrected chi connectivity index (χ2v) is 6.55. The van der Waals surface area contributed by atoms with Crippen molar-refractivity contribution in [3.05, 3.63) is 29.3 Å². The molecule has 1 aromatic carbocycles. The van der Waals surface area contributed by atoms with Gasteiger partial charge in [0.1, 0.15) is 12.4 Å². The molecule has 1 aromatic rings. The monoisotopic (exact) mass is 257 g/mol. The Morgan fingerprint density at radius 2 is 2.06 bits per heavy atom. The van der Waals surface area contributed by atoms with Crippen LogP contribution in [0.25, 0.3) is 0 Å². The highest BCUT2D eigenvalue weighted by Gasteiger charge is 2.06. The van der Waals surface area contributed by atoms with Crippen molar-refractivity contribution in [3.63, 3.8) is 0 Å². The minimum atomic E-state index is -2.97. The third kappa shape index (κ3) is 4.75. The zero-order valence-corrected chi connectivity index (χ0v) is 11.3. The van der Waals surface area contributed by atoms with Gasteiger partial charge in [-0.25, -0.2) is 8.42 Å². The molecule has 0 bridgehead atoms. The minimum absolute atomic E-state index is 0.0150. The van der Waals surface area contributed by atoms with Gasteiger partial charge in [0.25, 0.3) is 0 Å². The molecule has 1 rings (SSSR count). The molecule has 1 atom stereocenters. The number of hydrogen-bond donors (Lipinski definition) is 1. The molecule has 2 N–H and O–H groups in total. The van der Waals surface area contributed by atoms with Crippen LogP contribution in [-0.2, 0) is 9.84 Å². The first-order valence-corrected chi connectivity index (χ1v) is 7.52. The van der Waals surface area contributed by atoms with E-state index in [0.717, 1.165) is 11.1 Å². The molecule has 0 amide bonds. The van der Waals surface area contributed by atoms with E-state index in [-0.39, 0.29) is 18.4 Å². The van der Waals surface area contributed by atoms with Gasteiger partial charge in [0.05, 0.1) is 5.75 Å². The topological polar surface area (TPSA) is 69.4 Å². The molecule has 0 saturated heterocycles. The van der Waals surface area contributed by atoms with Gasteiger partial charge in [-0.05, 0) is 31.0 Å². The Labute approximate surface area is 103 Å². The normalized spacial score (nSPS) is 13.4. The lowest BCUT2D eigenvalue weighted by molar-refractivity contribution is 0.338. The molecule has 0 aromatic heterocycles. The SMILES string of the molecule is Cc1cc([C@H](C)N)ccc1OCCS(C)(=O)=O. The Kier molecular flexibility index (Phi) is 4.54. The number of rotatable bonds is 5. The van der Waals surface area contributed by atoms with Crippen LogP contribution in [0.3, 0.4) is 0 Å². The number of nitrogens with two attached hydrogens (primary N) is 1. The summed E-state index contributed by atoms with van der Waals surface area (Å²) in [6.45, 7) is 4.01. The summed E-state index contributed by atoms with van der Waals surface area (Å²) in [7, 11) is -2.97. The van der Waals surface area contributed by atoms with Crippen molar-refractivity contribution in [1.82, 2.24) is 0 Å². The molecule has 5 heteroatoms. The summed E-state index contributed by atoms with van der Waals surface area (Å²) in [5.41, 5.74) is 7.78. The predicted molar refractivity (Wildman–Crippen MR) is 69.0 cm³/mol. The Bertz CT molecular complexity index is 481. The molecule has 0 fully saturated rings. The fourth-order valence-electron chi connectivity index (χ4n) is 1.42. The standard InChI is InChI=1S/C12H19NO3S/c1-9-8-11(10(2)13)4-5-12(9)16-6-7-17(3,14)15/h4-5,8,10H,6-7,13H2,1-3H3/t10-/m0/s1. The molecule has 0 unspecified atom stereocenters. The molecule has 17 heavy (non-hydrogen) atoms. The Hall–Kier alpha value is -1.07. The summed E-state index contributed by atoms with van der Waals surface area (Å²) in [6.07, 6.45) is 1.20. The van der Waals surface area contributed by atoms with E-state index in [0.29, 0.717) is 5.75 Å². The molecule has 0 aliphatic carbocycles. The van der Waals surface area contributed by atoms with Crippen molar-refractivity contribution in [3.8, 4) is 5.75 Å². The number of hydrogen-bond acceptors (Lipinski definition) is 4. The summed E-state index contributed by atoms with van der Waals surface area (Å²) >= 11 is 0. The molecule has 0 spiro atoms. The highest BCUT2D eigenvalue weighted by Crippen LogP contribution is 2.21. The van der Waals surface area contributed by atoms with E-state index >= 15 is 0 Å². The van der Waals surface area contributed by atoms with Gasteiger partial charge in [-0.2, -0.15) is 0 Å². The van der Waals surface area contributed by atoms with Crippen molar-refractivity contribution >= 4 is 9.84 Å². The molecule has 96 valence electrons. The molecule has 0 saturated carbocycles. The summed E-state index contributed by atoms with van der Waals surface area (Å²) in [4.78, 5) is 0. The summed E-state index contributed by atoms with van der Waals surface area (Å²) in [6, 6.07) is 5.67. The molecule has 0 aliphatic rings. The Morgan fingerprint density at radius 3 is 2.53 bits per heavy atom. The summed E-state index contributed by atoms with van der Waals surface area (Å²) < 4.78 is 27.3. The van der Waals surface area contributed by atoms with Crippen LogP contribution in [0.5, 0.6) is 5.75 Å².